The zero-order valence-corrected chi connectivity index (χ0v) is 15.8. The highest BCUT2D eigenvalue weighted by atomic mass is 16.5. The van der Waals surface area contributed by atoms with Gasteiger partial charge in [-0.3, -0.25) is 4.79 Å². The smallest absolute Gasteiger partial charge is 0.194 e. The highest BCUT2D eigenvalue weighted by molar-refractivity contribution is 6.22. The van der Waals surface area contributed by atoms with Crippen LogP contribution in [0.15, 0.2) is 36.4 Å². The molecule has 0 amide bonds. The van der Waals surface area contributed by atoms with Gasteiger partial charge in [-0.15, -0.1) is 0 Å². The van der Waals surface area contributed by atoms with Crippen LogP contribution in [0.5, 0.6) is 11.5 Å². The van der Waals surface area contributed by atoms with E-state index in [1.807, 2.05) is 36.4 Å². The maximum Gasteiger partial charge on any atom is 0.194 e. The van der Waals surface area contributed by atoms with Crippen molar-refractivity contribution in [2.75, 3.05) is 13.2 Å². The third-order valence-electron chi connectivity index (χ3n) is 4.79. The van der Waals surface area contributed by atoms with Crippen molar-refractivity contribution in [3.63, 3.8) is 0 Å². The first kappa shape index (κ1) is 18.5. The SMILES string of the molecule is CCCCCCOc1ccc2c(c1)C(=O)c1cc(OCCCC)ccc1-2. The summed E-state index contributed by atoms with van der Waals surface area (Å²) in [7, 11) is 0. The number of hydrogen-bond acceptors (Lipinski definition) is 3. The summed E-state index contributed by atoms with van der Waals surface area (Å²) in [4.78, 5) is 12.8. The van der Waals surface area contributed by atoms with E-state index in [4.69, 9.17) is 9.47 Å². The first-order valence-corrected chi connectivity index (χ1v) is 9.83. The molecular weight excluding hydrogens is 324 g/mol. The van der Waals surface area contributed by atoms with E-state index < -0.39 is 0 Å². The highest BCUT2D eigenvalue weighted by Gasteiger charge is 2.27. The van der Waals surface area contributed by atoms with Crippen LogP contribution in [0.3, 0.4) is 0 Å². The maximum atomic E-state index is 12.8. The quantitative estimate of drug-likeness (QED) is 0.418. The van der Waals surface area contributed by atoms with Crippen molar-refractivity contribution in [3.8, 4) is 22.6 Å². The molecule has 138 valence electrons. The molecule has 0 atom stereocenters. The number of rotatable bonds is 10. The van der Waals surface area contributed by atoms with E-state index in [0.29, 0.717) is 13.2 Å². The van der Waals surface area contributed by atoms with E-state index in [-0.39, 0.29) is 5.78 Å². The average molecular weight is 352 g/mol. The molecule has 2 aromatic carbocycles. The molecule has 0 aromatic heterocycles. The van der Waals surface area contributed by atoms with Crippen LogP contribution in [0.25, 0.3) is 11.1 Å². The van der Waals surface area contributed by atoms with Gasteiger partial charge < -0.3 is 9.47 Å². The molecule has 0 radical (unpaired) electrons. The lowest BCUT2D eigenvalue weighted by Crippen LogP contribution is -2.00. The van der Waals surface area contributed by atoms with E-state index in [1.165, 1.54) is 19.3 Å². The standard InChI is InChI=1S/C23H28O3/c1-3-5-7-8-14-26-18-10-12-20-19-11-9-17(25-13-6-4-2)15-21(19)23(24)22(20)16-18/h9-12,15-16H,3-8,13-14H2,1-2H3. The molecule has 0 unspecified atom stereocenters. The lowest BCUT2D eigenvalue weighted by molar-refractivity contribution is 0.104. The molecule has 0 saturated carbocycles. The number of hydrogen-bond donors (Lipinski definition) is 0. The van der Waals surface area contributed by atoms with Crippen molar-refractivity contribution in [2.45, 2.75) is 52.4 Å². The molecule has 0 fully saturated rings. The van der Waals surface area contributed by atoms with Gasteiger partial charge in [0.25, 0.3) is 0 Å². The summed E-state index contributed by atoms with van der Waals surface area (Å²) in [6.45, 7) is 5.72. The summed E-state index contributed by atoms with van der Waals surface area (Å²) in [6.07, 6.45) is 6.81. The molecule has 3 rings (SSSR count). The largest absolute Gasteiger partial charge is 0.494 e. The van der Waals surface area contributed by atoms with Gasteiger partial charge >= 0.3 is 0 Å². The fourth-order valence-electron chi connectivity index (χ4n) is 3.27. The molecule has 26 heavy (non-hydrogen) atoms. The van der Waals surface area contributed by atoms with E-state index >= 15 is 0 Å². The average Bonchev–Trinajstić information content (AvgIpc) is 2.94. The van der Waals surface area contributed by atoms with E-state index in [0.717, 1.165) is 53.0 Å². The van der Waals surface area contributed by atoms with Gasteiger partial charge in [-0.1, -0.05) is 39.5 Å². The fourth-order valence-corrected chi connectivity index (χ4v) is 3.27. The Kier molecular flexibility index (Phi) is 6.32. The van der Waals surface area contributed by atoms with Gasteiger partial charge in [0.05, 0.1) is 13.2 Å². The molecule has 2 aromatic rings. The van der Waals surface area contributed by atoms with Crippen molar-refractivity contribution in [1.29, 1.82) is 0 Å². The summed E-state index contributed by atoms with van der Waals surface area (Å²) in [5.41, 5.74) is 3.44. The number of fused-ring (bicyclic) bond motifs is 3. The first-order valence-electron chi connectivity index (χ1n) is 9.83. The molecule has 3 heteroatoms. The molecule has 3 nitrogen and oxygen atoms in total. The molecule has 0 spiro atoms. The summed E-state index contributed by atoms with van der Waals surface area (Å²) in [6, 6.07) is 11.7. The van der Waals surface area contributed by atoms with Crippen LogP contribution in [0, 0.1) is 0 Å². The molecule has 0 N–H and O–H groups in total. The van der Waals surface area contributed by atoms with E-state index in [2.05, 4.69) is 13.8 Å². The van der Waals surface area contributed by atoms with Crippen LogP contribution in [0.1, 0.15) is 68.3 Å². The normalized spacial score (nSPS) is 12.0. The Labute approximate surface area is 156 Å². The van der Waals surface area contributed by atoms with Gasteiger partial charge in [0.15, 0.2) is 5.78 Å². The van der Waals surface area contributed by atoms with Crippen molar-refractivity contribution in [1.82, 2.24) is 0 Å². The third kappa shape index (κ3) is 4.09. The minimum Gasteiger partial charge on any atom is -0.494 e. The van der Waals surface area contributed by atoms with Gasteiger partial charge in [-0.25, -0.2) is 0 Å². The van der Waals surface area contributed by atoms with E-state index in [9.17, 15) is 4.79 Å². The second-order valence-corrected chi connectivity index (χ2v) is 6.86. The Morgan fingerprint density at radius 2 is 1.19 bits per heavy atom. The van der Waals surface area contributed by atoms with Gasteiger partial charge in [-0.2, -0.15) is 0 Å². The Morgan fingerprint density at radius 1 is 0.654 bits per heavy atom. The number of unbranched alkanes of at least 4 members (excludes halogenated alkanes) is 4. The zero-order chi connectivity index (χ0) is 18.4. The Morgan fingerprint density at radius 3 is 1.73 bits per heavy atom. The topological polar surface area (TPSA) is 35.5 Å². The predicted molar refractivity (Wildman–Crippen MR) is 105 cm³/mol. The number of carbonyl (C=O) groups excluding carboxylic acids is 1. The monoisotopic (exact) mass is 352 g/mol. The molecule has 1 aliphatic rings. The Balaban J connectivity index is 1.70. The third-order valence-corrected chi connectivity index (χ3v) is 4.79. The zero-order valence-electron chi connectivity index (χ0n) is 15.8. The maximum absolute atomic E-state index is 12.8. The van der Waals surface area contributed by atoms with E-state index in [1.54, 1.807) is 0 Å². The number of ether oxygens (including phenoxy) is 2. The highest BCUT2D eigenvalue weighted by Crippen LogP contribution is 2.39. The number of ketones is 1. The summed E-state index contributed by atoms with van der Waals surface area (Å²) in [5, 5.41) is 0. The van der Waals surface area contributed by atoms with Crippen LogP contribution in [-0.4, -0.2) is 19.0 Å². The summed E-state index contributed by atoms with van der Waals surface area (Å²) < 4.78 is 11.6. The van der Waals surface area contributed by atoms with Gasteiger partial charge in [-0.05, 0) is 60.4 Å². The van der Waals surface area contributed by atoms with Gasteiger partial charge in [0.1, 0.15) is 11.5 Å². The van der Waals surface area contributed by atoms with Crippen molar-refractivity contribution in [2.24, 2.45) is 0 Å². The molecule has 0 heterocycles. The molecule has 0 aliphatic heterocycles. The second kappa shape index (κ2) is 8.88. The second-order valence-electron chi connectivity index (χ2n) is 6.86. The van der Waals surface area contributed by atoms with Gasteiger partial charge in [0, 0.05) is 11.1 Å². The van der Waals surface area contributed by atoms with Crippen molar-refractivity contribution >= 4 is 5.78 Å². The molecule has 1 aliphatic carbocycles. The predicted octanol–water partition coefficient (Wildman–Crippen LogP) is 6.04. The fraction of sp³-hybridized carbons (Fsp3) is 0.435. The summed E-state index contributed by atoms with van der Waals surface area (Å²) >= 11 is 0. The van der Waals surface area contributed by atoms with Crippen molar-refractivity contribution in [3.05, 3.63) is 47.5 Å². The summed E-state index contributed by atoms with van der Waals surface area (Å²) in [5.74, 6) is 1.61. The number of benzene rings is 2. The van der Waals surface area contributed by atoms with Crippen LogP contribution in [-0.2, 0) is 0 Å². The number of carbonyl (C=O) groups is 1. The minimum absolute atomic E-state index is 0.0624. The minimum atomic E-state index is 0.0624. The first-order chi connectivity index (χ1) is 12.7. The molecule has 0 saturated heterocycles. The van der Waals surface area contributed by atoms with Crippen LogP contribution >= 0.6 is 0 Å². The van der Waals surface area contributed by atoms with Gasteiger partial charge in [0.2, 0.25) is 0 Å². The lowest BCUT2D eigenvalue weighted by atomic mass is 10.1. The Hall–Kier alpha value is -2.29. The van der Waals surface area contributed by atoms with Crippen LogP contribution < -0.4 is 9.47 Å². The van der Waals surface area contributed by atoms with Crippen LogP contribution in [0.2, 0.25) is 0 Å². The lowest BCUT2D eigenvalue weighted by Gasteiger charge is -2.08. The van der Waals surface area contributed by atoms with Crippen LogP contribution in [0.4, 0.5) is 0 Å². The van der Waals surface area contributed by atoms with Crippen molar-refractivity contribution < 1.29 is 14.3 Å². The molecule has 0 bridgehead atoms. The molecular formula is C23H28O3. The Bertz CT molecular complexity index is 764.